The van der Waals surface area contributed by atoms with Gasteiger partial charge in [0.15, 0.2) is 0 Å². The normalized spacial score (nSPS) is 22.6. The number of methoxy groups -OCH3 is 1. The standard InChI is InChI=1S/C14H16N2O2/c1-17-11-2-3-13-9(6-11)4-5-16-14(13)18-12-7-10(15)8-12/h2-6,10,12H,7-8,15H2,1H3. The van der Waals surface area contributed by atoms with E-state index in [0.717, 1.165) is 29.4 Å². The topological polar surface area (TPSA) is 57.4 Å². The Hall–Kier alpha value is -1.81. The van der Waals surface area contributed by atoms with Crippen molar-refractivity contribution in [3.8, 4) is 11.6 Å². The minimum Gasteiger partial charge on any atom is -0.497 e. The van der Waals surface area contributed by atoms with Gasteiger partial charge in [-0.2, -0.15) is 0 Å². The number of pyridine rings is 1. The second-order valence-electron chi connectivity index (χ2n) is 4.67. The van der Waals surface area contributed by atoms with Gasteiger partial charge in [-0.05, 0) is 42.5 Å². The van der Waals surface area contributed by atoms with Crippen molar-refractivity contribution in [2.75, 3.05) is 7.11 Å². The first kappa shape index (κ1) is 11.3. The minimum atomic E-state index is 0.209. The molecule has 0 aliphatic heterocycles. The summed E-state index contributed by atoms with van der Waals surface area (Å²) in [4.78, 5) is 4.31. The van der Waals surface area contributed by atoms with Gasteiger partial charge in [0.05, 0.1) is 7.11 Å². The molecule has 0 radical (unpaired) electrons. The molecule has 94 valence electrons. The minimum absolute atomic E-state index is 0.209. The van der Waals surface area contributed by atoms with E-state index in [1.807, 2.05) is 24.3 Å². The van der Waals surface area contributed by atoms with Crippen LogP contribution in [-0.2, 0) is 0 Å². The summed E-state index contributed by atoms with van der Waals surface area (Å²) < 4.78 is 11.1. The number of aromatic nitrogens is 1. The third kappa shape index (κ3) is 1.99. The Morgan fingerprint density at radius 3 is 2.83 bits per heavy atom. The number of nitrogens with zero attached hydrogens (tertiary/aromatic N) is 1. The molecule has 1 aromatic carbocycles. The molecule has 1 aliphatic carbocycles. The summed E-state index contributed by atoms with van der Waals surface area (Å²) in [7, 11) is 1.66. The van der Waals surface area contributed by atoms with E-state index in [9.17, 15) is 0 Å². The van der Waals surface area contributed by atoms with Crippen LogP contribution in [0.2, 0.25) is 0 Å². The SMILES string of the molecule is COc1ccc2c(OC3CC(N)C3)nccc2c1. The molecule has 1 fully saturated rings. The number of benzene rings is 1. The summed E-state index contributed by atoms with van der Waals surface area (Å²) in [6, 6.07) is 8.12. The zero-order valence-corrected chi connectivity index (χ0v) is 10.3. The second-order valence-corrected chi connectivity index (χ2v) is 4.67. The summed E-state index contributed by atoms with van der Waals surface area (Å²) in [5, 5.41) is 2.08. The smallest absolute Gasteiger partial charge is 0.221 e. The van der Waals surface area contributed by atoms with Gasteiger partial charge in [-0.1, -0.05) is 0 Å². The highest BCUT2D eigenvalue weighted by atomic mass is 16.5. The Labute approximate surface area is 106 Å². The molecule has 1 saturated carbocycles. The number of nitrogens with two attached hydrogens (primary N) is 1. The van der Waals surface area contributed by atoms with E-state index in [0.29, 0.717) is 5.88 Å². The predicted molar refractivity (Wildman–Crippen MR) is 69.9 cm³/mol. The number of rotatable bonds is 3. The first-order chi connectivity index (χ1) is 8.76. The third-order valence-electron chi connectivity index (χ3n) is 3.34. The summed E-state index contributed by atoms with van der Waals surface area (Å²) in [6.07, 6.45) is 3.79. The summed E-state index contributed by atoms with van der Waals surface area (Å²) in [5.74, 6) is 1.53. The van der Waals surface area contributed by atoms with Gasteiger partial charge < -0.3 is 15.2 Å². The van der Waals surface area contributed by atoms with Crippen LogP contribution in [0, 0.1) is 0 Å². The fourth-order valence-corrected chi connectivity index (χ4v) is 2.21. The van der Waals surface area contributed by atoms with Gasteiger partial charge in [0, 0.05) is 17.6 Å². The van der Waals surface area contributed by atoms with Crippen molar-refractivity contribution >= 4 is 10.8 Å². The van der Waals surface area contributed by atoms with Crippen LogP contribution in [-0.4, -0.2) is 24.2 Å². The maximum atomic E-state index is 5.88. The van der Waals surface area contributed by atoms with E-state index < -0.39 is 0 Å². The maximum Gasteiger partial charge on any atom is 0.221 e. The first-order valence-corrected chi connectivity index (χ1v) is 6.11. The van der Waals surface area contributed by atoms with Crippen molar-refractivity contribution in [3.63, 3.8) is 0 Å². The zero-order valence-electron chi connectivity index (χ0n) is 10.3. The highest BCUT2D eigenvalue weighted by Gasteiger charge is 2.28. The van der Waals surface area contributed by atoms with Gasteiger partial charge in [0.25, 0.3) is 0 Å². The molecule has 18 heavy (non-hydrogen) atoms. The molecule has 1 aromatic heterocycles. The number of hydrogen-bond donors (Lipinski definition) is 1. The van der Waals surface area contributed by atoms with Crippen LogP contribution in [0.15, 0.2) is 30.5 Å². The van der Waals surface area contributed by atoms with E-state index in [1.165, 1.54) is 0 Å². The highest BCUT2D eigenvalue weighted by Crippen LogP contribution is 2.30. The van der Waals surface area contributed by atoms with Gasteiger partial charge in [-0.3, -0.25) is 0 Å². The number of ether oxygens (including phenoxy) is 2. The van der Waals surface area contributed by atoms with E-state index in [-0.39, 0.29) is 12.1 Å². The molecule has 2 aromatic rings. The monoisotopic (exact) mass is 244 g/mol. The average molecular weight is 244 g/mol. The molecule has 4 heteroatoms. The lowest BCUT2D eigenvalue weighted by atomic mass is 9.90. The summed E-state index contributed by atoms with van der Waals surface area (Å²) >= 11 is 0. The van der Waals surface area contributed by atoms with Gasteiger partial charge >= 0.3 is 0 Å². The predicted octanol–water partition coefficient (Wildman–Crippen LogP) is 2.11. The third-order valence-corrected chi connectivity index (χ3v) is 3.34. The molecule has 0 unspecified atom stereocenters. The molecule has 1 heterocycles. The van der Waals surface area contributed by atoms with Crippen LogP contribution >= 0.6 is 0 Å². The molecule has 2 N–H and O–H groups in total. The lowest BCUT2D eigenvalue weighted by molar-refractivity contribution is 0.0977. The molecule has 0 spiro atoms. The largest absolute Gasteiger partial charge is 0.497 e. The summed E-state index contributed by atoms with van der Waals surface area (Å²) in [6.45, 7) is 0. The fraction of sp³-hybridized carbons (Fsp3) is 0.357. The van der Waals surface area contributed by atoms with Crippen molar-refractivity contribution in [1.82, 2.24) is 4.98 Å². The van der Waals surface area contributed by atoms with Crippen molar-refractivity contribution in [2.24, 2.45) is 5.73 Å². The van der Waals surface area contributed by atoms with Crippen LogP contribution in [0.4, 0.5) is 0 Å². The lowest BCUT2D eigenvalue weighted by Gasteiger charge is -2.32. The van der Waals surface area contributed by atoms with Crippen molar-refractivity contribution < 1.29 is 9.47 Å². The molecule has 1 aliphatic rings. The molecule has 0 atom stereocenters. The zero-order chi connectivity index (χ0) is 12.5. The van der Waals surface area contributed by atoms with E-state index in [2.05, 4.69) is 4.98 Å². The lowest BCUT2D eigenvalue weighted by Crippen LogP contribution is -2.43. The number of fused-ring (bicyclic) bond motifs is 1. The number of hydrogen-bond acceptors (Lipinski definition) is 4. The Morgan fingerprint density at radius 2 is 2.11 bits per heavy atom. The molecule has 3 rings (SSSR count). The summed E-state index contributed by atoms with van der Waals surface area (Å²) in [5.41, 5.74) is 5.76. The van der Waals surface area contributed by atoms with Crippen molar-refractivity contribution in [3.05, 3.63) is 30.5 Å². The van der Waals surface area contributed by atoms with Crippen LogP contribution in [0.5, 0.6) is 11.6 Å². The second kappa shape index (κ2) is 4.46. The molecule has 0 bridgehead atoms. The Balaban J connectivity index is 1.91. The van der Waals surface area contributed by atoms with Gasteiger partial charge in [0.1, 0.15) is 11.9 Å². The Kier molecular flexibility index (Phi) is 2.80. The quantitative estimate of drug-likeness (QED) is 0.898. The van der Waals surface area contributed by atoms with Gasteiger partial charge in [-0.15, -0.1) is 0 Å². The maximum absolute atomic E-state index is 5.88. The van der Waals surface area contributed by atoms with Crippen LogP contribution in [0.25, 0.3) is 10.8 Å². The van der Waals surface area contributed by atoms with Crippen LogP contribution in [0.1, 0.15) is 12.8 Å². The van der Waals surface area contributed by atoms with Crippen molar-refractivity contribution in [2.45, 2.75) is 25.0 Å². The van der Waals surface area contributed by atoms with E-state index in [1.54, 1.807) is 13.3 Å². The fourth-order valence-electron chi connectivity index (χ4n) is 2.21. The Bertz CT molecular complexity index is 565. The van der Waals surface area contributed by atoms with Crippen molar-refractivity contribution in [1.29, 1.82) is 0 Å². The first-order valence-electron chi connectivity index (χ1n) is 6.11. The van der Waals surface area contributed by atoms with Crippen LogP contribution in [0.3, 0.4) is 0 Å². The molecular weight excluding hydrogens is 228 g/mol. The van der Waals surface area contributed by atoms with Crippen LogP contribution < -0.4 is 15.2 Å². The molecule has 4 nitrogen and oxygen atoms in total. The Morgan fingerprint density at radius 1 is 1.28 bits per heavy atom. The van der Waals surface area contributed by atoms with Gasteiger partial charge in [-0.25, -0.2) is 4.98 Å². The van der Waals surface area contributed by atoms with E-state index in [4.69, 9.17) is 15.2 Å². The van der Waals surface area contributed by atoms with Gasteiger partial charge in [0.2, 0.25) is 5.88 Å². The molecule has 0 saturated heterocycles. The van der Waals surface area contributed by atoms with E-state index >= 15 is 0 Å². The molecular formula is C14H16N2O2. The highest BCUT2D eigenvalue weighted by molar-refractivity contribution is 5.87. The molecule has 0 amide bonds. The average Bonchev–Trinajstić information content (AvgIpc) is 2.36.